The van der Waals surface area contributed by atoms with Gasteiger partial charge < -0.3 is 25.3 Å². The second-order valence-corrected chi connectivity index (χ2v) is 3.31. The van der Waals surface area contributed by atoms with E-state index in [-0.39, 0.29) is 28.5 Å². The third-order valence-electron chi connectivity index (χ3n) is 2.32. The Labute approximate surface area is 124 Å². The van der Waals surface area contributed by atoms with Crippen molar-refractivity contribution in [2.24, 2.45) is 5.16 Å². The Morgan fingerprint density at radius 3 is 2.47 bits per heavy atom. The summed E-state index contributed by atoms with van der Waals surface area (Å²) in [5, 5.41) is 26.9. The third-order valence-corrected chi connectivity index (χ3v) is 2.32. The zero-order chi connectivity index (χ0) is 13.5. The number of fused-ring (bicyclic) bond motifs is 1. The van der Waals surface area contributed by atoms with Crippen molar-refractivity contribution in [3.8, 4) is 0 Å². The molecule has 0 heterocycles. The van der Waals surface area contributed by atoms with Crippen LogP contribution in [-0.4, -0.2) is 29.2 Å². The van der Waals surface area contributed by atoms with Crippen LogP contribution in [0.4, 0.5) is 0 Å². The molecule has 0 bridgehead atoms. The third kappa shape index (κ3) is 4.84. The smallest absolute Gasteiger partial charge is 0.411 e. The Morgan fingerprint density at radius 1 is 1.37 bits per heavy atom. The summed E-state index contributed by atoms with van der Waals surface area (Å²) in [5.74, 6) is 0. The standard InChI is InChI=1S/C11H11NO2.Ag.NO3/c1-14-10-7-6-8-4-2-3-5-9(8)11(10)12-13;;2-1(3)4/h2-7,10,13H,1H3;;/q;+1;-1. The van der Waals surface area contributed by atoms with Crippen LogP contribution in [0.2, 0.25) is 0 Å². The van der Waals surface area contributed by atoms with E-state index in [0.717, 1.165) is 11.1 Å². The van der Waals surface area contributed by atoms with E-state index in [2.05, 4.69) is 5.16 Å². The summed E-state index contributed by atoms with van der Waals surface area (Å²) >= 11 is 0. The van der Waals surface area contributed by atoms with E-state index < -0.39 is 5.09 Å². The molecule has 0 amide bonds. The summed E-state index contributed by atoms with van der Waals surface area (Å²) in [5.41, 5.74) is 2.53. The number of methoxy groups -OCH3 is 1. The minimum atomic E-state index is -1.75. The van der Waals surface area contributed by atoms with Crippen LogP contribution >= 0.6 is 0 Å². The molecule has 1 aliphatic carbocycles. The van der Waals surface area contributed by atoms with Crippen molar-refractivity contribution in [1.29, 1.82) is 0 Å². The summed E-state index contributed by atoms with van der Waals surface area (Å²) in [6.45, 7) is 0. The predicted molar refractivity (Wildman–Crippen MR) is 65.0 cm³/mol. The minimum absolute atomic E-state index is 0. The predicted octanol–water partition coefficient (Wildman–Crippen LogP) is 1.67. The van der Waals surface area contributed by atoms with E-state index in [9.17, 15) is 0 Å². The second kappa shape index (κ2) is 8.44. The summed E-state index contributed by atoms with van der Waals surface area (Å²) < 4.78 is 5.17. The van der Waals surface area contributed by atoms with Gasteiger partial charge in [-0.25, -0.2) is 0 Å². The molecular formula is C11H11AgN2O5. The molecular weight excluding hydrogens is 348 g/mol. The van der Waals surface area contributed by atoms with Crippen molar-refractivity contribution < 1.29 is 37.4 Å². The van der Waals surface area contributed by atoms with Crippen molar-refractivity contribution in [2.75, 3.05) is 7.11 Å². The van der Waals surface area contributed by atoms with Gasteiger partial charge in [0, 0.05) is 12.7 Å². The van der Waals surface area contributed by atoms with Crippen LogP contribution < -0.4 is 0 Å². The summed E-state index contributed by atoms with van der Waals surface area (Å²) in [6, 6.07) is 7.75. The summed E-state index contributed by atoms with van der Waals surface area (Å²) in [4.78, 5) is 8.25. The zero-order valence-corrected chi connectivity index (χ0v) is 11.3. The fraction of sp³-hybridized carbons (Fsp3) is 0.182. The average Bonchev–Trinajstić information content (AvgIpc) is 2.36. The zero-order valence-electron chi connectivity index (χ0n) is 9.82. The number of hydrogen-bond donors (Lipinski definition) is 1. The number of hydrogen-bond acceptors (Lipinski definition) is 6. The molecule has 0 radical (unpaired) electrons. The van der Waals surface area contributed by atoms with E-state index in [1.54, 1.807) is 7.11 Å². The molecule has 0 aromatic heterocycles. The maximum atomic E-state index is 8.91. The van der Waals surface area contributed by atoms with Crippen LogP contribution in [0.3, 0.4) is 0 Å². The average molecular weight is 359 g/mol. The molecule has 1 unspecified atom stereocenters. The Hall–Kier alpha value is -1.67. The Balaban J connectivity index is 0.000000576. The molecule has 0 aliphatic heterocycles. The van der Waals surface area contributed by atoms with Gasteiger partial charge >= 0.3 is 22.4 Å². The van der Waals surface area contributed by atoms with Gasteiger partial charge in [0.05, 0.1) is 5.09 Å². The van der Waals surface area contributed by atoms with Gasteiger partial charge in [-0.15, -0.1) is 0 Å². The van der Waals surface area contributed by atoms with E-state index >= 15 is 0 Å². The number of rotatable bonds is 1. The number of oxime groups is 1. The molecule has 106 valence electrons. The van der Waals surface area contributed by atoms with Gasteiger partial charge in [0.1, 0.15) is 11.8 Å². The molecule has 1 aromatic carbocycles. The van der Waals surface area contributed by atoms with E-state index in [1.807, 2.05) is 36.4 Å². The molecule has 0 fully saturated rings. The quantitative estimate of drug-likeness (QED) is 0.355. The first-order valence-electron chi connectivity index (χ1n) is 4.94. The molecule has 1 aliphatic rings. The van der Waals surface area contributed by atoms with Crippen molar-refractivity contribution in [3.63, 3.8) is 0 Å². The van der Waals surface area contributed by atoms with Crippen LogP contribution in [0.15, 0.2) is 35.5 Å². The van der Waals surface area contributed by atoms with E-state index in [4.69, 9.17) is 25.3 Å². The summed E-state index contributed by atoms with van der Waals surface area (Å²) in [7, 11) is 1.59. The molecule has 0 saturated carbocycles. The van der Waals surface area contributed by atoms with E-state index in [0.29, 0.717) is 5.71 Å². The Kier molecular flexibility index (Phi) is 7.69. The number of benzene rings is 1. The van der Waals surface area contributed by atoms with Gasteiger partial charge in [-0.1, -0.05) is 35.5 Å². The van der Waals surface area contributed by atoms with Crippen molar-refractivity contribution >= 4 is 11.8 Å². The molecule has 8 heteroatoms. The first kappa shape index (κ1) is 17.3. The van der Waals surface area contributed by atoms with Gasteiger partial charge in [0.25, 0.3) is 0 Å². The summed E-state index contributed by atoms with van der Waals surface area (Å²) in [6.07, 6.45) is 3.59. The van der Waals surface area contributed by atoms with Gasteiger partial charge in [-0.05, 0) is 11.6 Å². The fourth-order valence-electron chi connectivity index (χ4n) is 1.61. The van der Waals surface area contributed by atoms with Crippen LogP contribution in [-0.2, 0) is 27.1 Å². The van der Waals surface area contributed by atoms with Crippen LogP contribution in [0.1, 0.15) is 11.1 Å². The van der Waals surface area contributed by atoms with E-state index in [1.165, 1.54) is 0 Å². The van der Waals surface area contributed by atoms with Crippen molar-refractivity contribution in [1.82, 2.24) is 0 Å². The maximum Gasteiger partial charge on any atom is 1.00 e. The molecule has 1 atom stereocenters. The molecule has 7 nitrogen and oxygen atoms in total. The van der Waals surface area contributed by atoms with Crippen molar-refractivity contribution in [3.05, 3.63) is 56.8 Å². The van der Waals surface area contributed by atoms with Gasteiger partial charge in [-0.3, -0.25) is 0 Å². The Bertz CT molecular complexity index is 486. The van der Waals surface area contributed by atoms with Crippen LogP contribution in [0.5, 0.6) is 0 Å². The second-order valence-electron chi connectivity index (χ2n) is 3.31. The molecule has 19 heavy (non-hydrogen) atoms. The molecule has 2 rings (SSSR count). The van der Waals surface area contributed by atoms with Gasteiger partial charge in [0.2, 0.25) is 0 Å². The van der Waals surface area contributed by atoms with Gasteiger partial charge in [-0.2, -0.15) is 0 Å². The maximum absolute atomic E-state index is 8.91. The number of nitrogens with zero attached hydrogens (tertiary/aromatic N) is 2. The topological polar surface area (TPSA) is 108 Å². The van der Waals surface area contributed by atoms with Crippen molar-refractivity contribution in [2.45, 2.75) is 6.10 Å². The monoisotopic (exact) mass is 358 g/mol. The van der Waals surface area contributed by atoms with Gasteiger partial charge in [0.15, 0.2) is 0 Å². The molecule has 1 N–H and O–H groups in total. The Morgan fingerprint density at radius 2 is 1.95 bits per heavy atom. The minimum Gasteiger partial charge on any atom is -0.411 e. The number of ether oxygens (including phenoxy) is 1. The molecule has 1 aromatic rings. The molecule has 0 saturated heterocycles. The SMILES string of the molecule is COC1C=Cc2ccccc2C1=NO.O=[N+]([O-])[O-].[Ag+]. The molecule has 0 spiro atoms. The fourth-order valence-corrected chi connectivity index (χ4v) is 1.61. The largest absolute Gasteiger partial charge is 1.00 e. The van der Waals surface area contributed by atoms with Crippen LogP contribution in [0, 0.1) is 15.3 Å². The van der Waals surface area contributed by atoms with Crippen LogP contribution in [0.25, 0.3) is 6.08 Å². The normalized spacial score (nSPS) is 17.7. The first-order valence-corrected chi connectivity index (χ1v) is 4.94. The first-order chi connectivity index (χ1) is 8.60.